The highest BCUT2D eigenvalue weighted by molar-refractivity contribution is 6.02. The molecule has 0 aliphatic carbocycles. The largest absolute Gasteiger partial charge is 0.417 e. The Morgan fingerprint density at radius 3 is 2.20 bits per heavy atom. The third kappa shape index (κ3) is 2.53. The molecule has 0 N–H and O–H groups in total. The fourth-order valence-corrected chi connectivity index (χ4v) is 1.50. The van der Waals surface area contributed by atoms with Crippen LogP contribution in [0, 0.1) is 20.2 Å². The highest BCUT2D eigenvalue weighted by Gasteiger charge is 2.24. The number of hydrogen-bond donors (Lipinski definition) is 0. The zero-order valence-electron chi connectivity index (χ0n) is 10.2. The maximum Gasteiger partial charge on any atom is 0.417 e. The molecule has 0 bridgehead atoms. The number of amides is 1. The van der Waals surface area contributed by atoms with Crippen molar-refractivity contribution in [2.75, 3.05) is 13.7 Å². The first kappa shape index (κ1) is 13.4. The zero-order chi connectivity index (χ0) is 14.9. The molecule has 1 aliphatic heterocycles. The highest BCUT2D eigenvalue weighted by Crippen LogP contribution is 2.24. The number of ether oxygens (including phenoxy) is 1. The summed E-state index contributed by atoms with van der Waals surface area (Å²) in [5, 5.41) is 21.5. The normalized spacial score (nSPS) is 14.6. The molecule has 0 atom stereocenters. The first-order chi connectivity index (χ1) is 9.38. The summed E-state index contributed by atoms with van der Waals surface area (Å²) in [6.07, 6.45) is -0.691. The van der Waals surface area contributed by atoms with Crippen molar-refractivity contribution in [1.82, 2.24) is 4.90 Å². The van der Waals surface area contributed by atoms with E-state index in [1.165, 1.54) is 11.9 Å². The molecule has 0 aromatic heterocycles. The van der Waals surface area contributed by atoms with E-state index in [0.717, 1.165) is 18.2 Å². The van der Waals surface area contributed by atoms with Crippen LogP contribution in [0.3, 0.4) is 0 Å². The predicted octanol–water partition coefficient (Wildman–Crippen LogP) is 1.29. The summed E-state index contributed by atoms with van der Waals surface area (Å²) in [6.45, 7) is 0.00462. The van der Waals surface area contributed by atoms with Crippen LogP contribution in [0.25, 0.3) is 0 Å². The molecule has 2 rings (SSSR count). The van der Waals surface area contributed by atoms with Gasteiger partial charge in [0.05, 0.1) is 21.5 Å². The van der Waals surface area contributed by atoms with Crippen molar-refractivity contribution in [3.8, 4) is 0 Å². The number of hydrogen-bond acceptors (Lipinski definition) is 7. The average Bonchev–Trinajstić information content (AvgIpc) is 2.41. The van der Waals surface area contributed by atoms with Crippen LogP contribution in [0.4, 0.5) is 16.2 Å². The summed E-state index contributed by atoms with van der Waals surface area (Å²) in [4.78, 5) is 36.4. The highest BCUT2D eigenvalue weighted by atomic mass is 16.6. The molecule has 0 spiro atoms. The minimum Gasteiger partial charge on any atom is -0.391 e. The second-order valence-corrected chi connectivity index (χ2v) is 3.92. The molecular formula is C10H8N4O6. The van der Waals surface area contributed by atoms with E-state index in [0.29, 0.717) is 0 Å². The van der Waals surface area contributed by atoms with Crippen molar-refractivity contribution >= 4 is 23.4 Å². The second kappa shape index (κ2) is 4.91. The first-order valence-electron chi connectivity index (χ1n) is 5.30. The van der Waals surface area contributed by atoms with Crippen LogP contribution in [-0.4, -0.2) is 40.5 Å². The molecule has 20 heavy (non-hydrogen) atoms. The van der Waals surface area contributed by atoms with Gasteiger partial charge in [-0.2, -0.15) is 0 Å². The number of carbonyl (C=O) groups is 1. The Labute approximate surface area is 111 Å². The summed E-state index contributed by atoms with van der Waals surface area (Å²) in [7, 11) is 1.46. The van der Waals surface area contributed by atoms with Crippen molar-refractivity contribution in [1.29, 1.82) is 0 Å². The monoisotopic (exact) mass is 280 g/mol. The summed E-state index contributed by atoms with van der Waals surface area (Å²) in [5.74, 6) is -0.181. The van der Waals surface area contributed by atoms with Crippen LogP contribution in [0.2, 0.25) is 0 Å². The van der Waals surface area contributed by atoms with E-state index in [4.69, 9.17) is 4.74 Å². The van der Waals surface area contributed by atoms with Gasteiger partial charge in [-0.15, -0.1) is 0 Å². The van der Waals surface area contributed by atoms with E-state index in [9.17, 15) is 25.0 Å². The van der Waals surface area contributed by atoms with Gasteiger partial charge in [-0.25, -0.2) is 9.79 Å². The van der Waals surface area contributed by atoms with Gasteiger partial charge >= 0.3 is 6.09 Å². The van der Waals surface area contributed by atoms with E-state index in [1.807, 2.05) is 0 Å². The van der Waals surface area contributed by atoms with Gasteiger partial charge in [0.1, 0.15) is 6.67 Å². The van der Waals surface area contributed by atoms with Gasteiger partial charge in [0, 0.05) is 19.2 Å². The molecule has 1 heterocycles. The summed E-state index contributed by atoms with van der Waals surface area (Å²) < 4.78 is 4.85. The lowest BCUT2D eigenvalue weighted by molar-refractivity contribution is -0.394. The van der Waals surface area contributed by atoms with Gasteiger partial charge in [-0.05, 0) is 0 Å². The maximum absolute atomic E-state index is 11.4. The Morgan fingerprint density at radius 1 is 1.20 bits per heavy atom. The molecular weight excluding hydrogens is 272 g/mol. The van der Waals surface area contributed by atoms with E-state index >= 15 is 0 Å². The number of rotatable bonds is 3. The molecule has 104 valence electrons. The third-order valence-electron chi connectivity index (χ3n) is 2.49. The van der Waals surface area contributed by atoms with Crippen molar-refractivity contribution in [2.45, 2.75) is 0 Å². The number of nitro groups is 2. The third-order valence-corrected chi connectivity index (χ3v) is 2.49. The van der Waals surface area contributed by atoms with Gasteiger partial charge in [-0.1, -0.05) is 0 Å². The average molecular weight is 280 g/mol. The molecule has 1 amide bonds. The smallest absolute Gasteiger partial charge is 0.391 e. The Kier molecular flexibility index (Phi) is 3.29. The minimum atomic E-state index is -0.770. The quantitative estimate of drug-likeness (QED) is 0.606. The van der Waals surface area contributed by atoms with Crippen molar-refractivity contribution < 1.29 is 19.4 Å². The van der Waals surface area contributed by atoms with Gasteiger partial charge in [0.25, 0.3) is 11.4 Å². The standard InChI is InChI=1S/C10H8N4O6/c1-12-5-11-9(20-10(12)15)6-2-7(13(16)17)4-8(3-6)14(18)19/h2-4H,5H2,1H3. The number of nitrogens with zero attached hydrogens (tertiary/aromatic N) is 4. The predicted molar refractivity (Wildman–Crippen MR) is 65.4 cm³/mol. The Hall–Kier alpha value is -3.04. The van der Waals surface area contributed by atoms with Crippen LogP contribution in [0.15, 0.2) is 23.2 Å². The van der Waals surface area contributed by atoms with Crippen LogP contribution in [-0.2, 0) is 4.74 Å². The summed E-state index contributed by atoms with van der Waals surface area (Å²) in [5.41, 5.74) is -0.953. The number of cyclic esters (lactones) is 1. The molecule has 0 radical (unpaired) electrons. The Bertz CT molecular complexity index is 608. The van der Waals surface area contributed by atoms with Crippen LogP contribution in [0.5, 0.6) is 0 Å². The van der Waals surface area contributed by atoms with Crippen molar-refractivity contribution in [2.24, 2.45) is 4.99 Å². The maximum atomic E-state index is 11.4. The van der Waals surface area contributed by atoms with Gasteiger partial charge in [0.2, 0.25) is 5.90 Å². The number of non-ortho nitro benzene ring substituents is 2. The van der Waals surface area contributed by atoms with Gasteiger partial charge < -0.3 is 4.74 Å². The van der Waals surface area contributed by atoms with Crippen LogP contribution < -0.4 is 0 Å². The second-order valence-electron chi connectivity index (χ2n) is 3.92. The van der Waals surface area contributed by atoms with Crippen LogP contribution in [0.1, 0.15) is 5.56 Å². The lowest BCUT2D eigenvalue weighted by Crippen LogP contribution is -2.35. The Balaban J connectivity index is 2.48. The van der Waals surface area contributed by atoms with Gasteiger partial charge in [0.15, 0.2) is 0 Å². The topological polar surface area (TPSA) is 128 Å². The van der Waals surface area contributed by atoms with E-state index in [2.05, 4.69) is 4.99 Å². The summed E-state index contributed by atoms with van der Waals surface area (Å²) in [6, 6.07) is 2.94. The molecule has 1 aromatic rings. The zero-order valence-corrected chi connectivity index (χ0v) is 10.2. The molecule has 1 aliphatic rings. The first-order valence-corrected chi connectivity index (χ1v) is 5.30. The lowest BCUT2D eigenvalue weighted by Gasteiger charge is -2.20. The van der Waals surface area contributed by atoms with E-state index in [1.54, 1.807) is 0 Å². The molecule has 0 unspecified atom stereocenters. The number of carbonyl (C=O) groups excluding carboxylic acids is 1. The summed E-state index contributed by atoms with van der Waals surface area (Å²) >= 11 is 0. The molecule has 10 nitrogen and oxygen atoms in total. The molecule has 0 saturated heterocycles. The van der Waals surface area contributed by atoms with E-state index in [-0.39, 0.29) is 18.1 Å². The Morgan fingerprint density at radius 2 is 1.75 bits per heavy atom. The lowest BCUT2D eigenvalue weighted by atomic mass is 10.1. The SMILES string of the molecule is CN1CN=C(c2cc([N+](=O)[O-])cc([N+](=O)[O-])c2)OC1=O. The number of nitro benzene ring substituents is 2. The fourth-order valence-electron chi connectivity index (χ4n) is 1.50. The molecule has 1 aromatic carbocycles. The van der Waals surface area contributed by atoms with Crippen molar-refractivity contribution in [3.63, 3.8) is 0 Å². The fraction of sp³-hybridized carbons (Fsp3) is 0.200. The number of aliphatic imine (C=N–C) groups is 1. The molecule has 0 fully saturated rings. The van der Waals surface area contributed by atoms with E-state index < -0.39 is 27.3 Å². The van der Waals surface area contributed by atoms with Crippen LogP contribution >= 0.6 is 0 Å². The number of benzene rings is 1. The van der Waals surface area contributed by atoms with Gasteiger partial charge in [-0.3, -0.25) is 25.1 Å². The minimum absolute atomic E-state index is 0.00462. The molecule has 10 heteroatoms. The molecule has 0 saturated carbocycles. The van der Waals surface area contributed by atoms with Crippen molar-refractivity contribution in [3.05, 3.63) is 44.0 Å².